The van der Waals surface area contributed by atoms with Crippen molar-refractivity contribution in [1.29, 1.82) is 0 Å². The maximum Gasteiger partial charge on any atom is 0.410 e. The van der Waals surface area contributed by atoms with E-state index >= 15 is 0 Å². The summed E-state index contributed by atoms with van der Waals surface area (Å²) >= 11 is 0. The van der Waals surface area contributed by atoms with Gasteiger partial charge in [0.2, 0.25) is 0 Å². The minimum absolute atomic E-state index is 0.214. The highest BCUT2D eigenvalue weighted by Crippen LogP contribution is 2.35. The fourth-order valence-electron chi connectivity index (χ4n) is 5.06. The molecule has 12 nitrogen and oxygen atoms in total. The van der Waals surface area contributed by atoms with E-state index in [4.69, 9.17) is 28.4 Å². The molecule has 12 heteroatoms. The molecule has 0 fully saturated rings. The molecule has 2 aliphatic heterocycles. The molecule has 0 unspecified atom stereocenters. The highest BCUT2D eigenvalue weighted by Gasteiger charge is 2.32. The Morgan fingerprint density at radius 1 is 0.667 bits per heavy atom. The summed E-state index contributed by atoms with van der Waals surface area (Å²) in [5, 5.41) is 0. The number of carbonyl (C=O) groups is 4. The number of nitrogens with zero attached hydrogens (tertiary/aromatic N) is 2. The van der Waals surface area contributed by atoms with Crippen molar-refractivity contribution in [2.24, 2.45) is 0 Å². The first-order valence-electron chi connectivity index (χ1n) is 16.3. The maximum atomic E-state index is 12.4. The number of amides is 2. The Bertz CT molecular complexity index is 1350. The zero-order valence-corrected chi connectivity index (χ0v) is 29.8. The molecule has 0 spiro atoms. The molecule has 0 N–H and O–H groups in total. The molecule has 0 saturated heterocycles. The van der Waals surface area contributed by atoms with E-state index in [-0.39, 0.29) is 36.2 Å². The molecule has 0 aliphatic carbocycles. The lowest BCUT2D eigenvalue weighted by Gasteiger charge is -2.30. The van der Waals surface area contributed by atoms with Crippen LogP contribution in [0.2, 0.25) is 0 Å². The third-order valence-corrected chi connectivity index (χ3v) is 7.32. The van der Waals surface area contributed by atoms with Crippen molar-refractivity contribution in [2.75, 3.05) is 39.5 Å². The van der Waals surface area contributed by atoms with Crippen LogP contribution < -0.4 is 9.47 Å². The highest BCUT2D eigenvalue weighted by molar-refractivity contribution is 5.90. The second-order valence-corrected chi connectivity index (χ2v) is 13.3. The van der Waals surface area contributed by atoms with Gasteiger partial charge >= 0.3 is 24.1 Å². The van der Waals surface area contributed by atoms with Gasteiger partial charge in [-0.15, -0.1) is 0 Å². The Labute approximate surface area is 283 Å². The van der Waals surface area contributed by atoms with E-state index in [1.165, 1.54) is 0 Å². The summed E-state index contributed by atoms with van der Waals surface area (Å²) in [6.07, 6.45) is -0.748. The summed E-state index contributed by atoms with van der Waals surface area (Å²) in [5.41, 5.74) is 1.45. The van der Waals surface area contributed by atoms with Crippen LogP contribution in [0.3, 0.4) is 0 Å². The van der Waals surface area contributed by atoms with Gasteiger partial charge in [-0.25, -0.2) is 19.2 Å². The summed E-state index contributed by atoms with van der Waals surface area (Å²) in [5.74, 6) is 0.424. The van der Waals surface area contributed by atoms with Crippen molar-refractivity contribution in [1.82, 2.24) is 9.80 Å². The van der Waals surface area contributed by atoms with Crippen molar-refractivity contribution in [2.45, 2.75) is 92.5 Å². The maximum absolute atomic E-state index is 12.4. The molecular formula is C36H50N2O10. The summed E-state index contributed by atoms with van der Waals surface area (Å²) in [6.45, 7) is 20.5. The smallest absolute Gasteiger partial charge is 0.410 e. The van der Waals surface area contributed by atoms with Gasteiger partial charge in [-0.05, 0) is 93.5 Å². The first-order chi connectivity index (χ1) is 22.5. The Balaban J connectivity index is 0.000000260. The van der Waals surface area contributed by atoms with Crippen molar-refractivity contribution in [3.8, 4) is 11.5 Å². The highest BCUT2D eigenvalue weighted by atomic mass is 16.6. The molecule has 2 amide bonds. The van der Waals surface area contributed by atoms with Crippen molar-refractivity contribution < 1.29 is 47.6 Å². The van der Waals surface area contributed by atoms with Crippen LogP contribution in [0.5, 0.6) is 11.5 Å². The first kappa shape index (κ1) is 38.0. The molecule has 264 valence electrons. The van der Waals surface area contributed by atoms with Gasteiger partial charge in [0.25, 0.3) is 0 Å². The molecule has 0 saturated carbocycles. The van der Waals surface area contributed by atoms with Gasteiger partial charge in [0, 0.05) is 11.1 Å². The SMILES string of the molecule is CCOC(=O)c1ccc2c(c1)OCCN(C(=O)OC(C)(C)C)[C@@H]2C.CCOC(=O)c1ccc2c(c1)OCCN(C(=O)OC(C)(C)C)[C@H]2C. The molecule has 0 aromatic heterocycles. The standard InChI is InChI=1S/2C18H25NO5/c2*1-6-22-16(20)13-7-8-14-12(2)19(9-10-23-15(14)11-13)17(21)24-18(3,4)5/h2*7-8,11-12H,6,9-10H2,1-5H3/t2*12-/m10/s1. The zero-order chi connectivity index (χ0) is 35.8. The van der Waals surface area contributed by atoms with Crippen LogP contribution in [0.4, 0.5) is 9.59 Å². The van der Waals surface area contributed by atoms with Crippen molar-refractivity contribution in [3.63, 3.8) is 0 Å². The van der Waals surface area contributed by atoms with Crippen LogP contribution in [0.1, 0.15) is 113 Å². The van der Waals surface area contributed by atoms with Crippen molar-refractivity contribution in [3.05, 3.63) is 58.7 Å². The summed E-state index contributed by atoms with van der Waals surface area (Å²) in [6, 6.07) is 9.89. The predicted molar refractivity (Wildman–Crippen MR) is 178 cm³/mol. The molecule has 2 aromatic rings. The Hall–Kier alpha value is -4.48. The Morgan fingerprint density at radius 3 is 1.33 bits per heavy atom. The molecule has 48 heavy (non-hydrogen) atoms. The number of carbonyl (C=O) groups excluding carboxylic acids is 4. The van der Waals surface area contributed by atoms with E-state index in [0.717, 1.165) is 11.1 Å². The van der Waals surface area contributed by atoms with E-state index in [9.17, 15) is 19.2 Å². The zero-order valence-electron chi connectivity index (χ0n) is 29.8. The first-order valence-corrected chi connectivity index (χ1v) is 16.3. The van der Waals surface area contributed by atoms with Crippen LogP contribution in [-0.2, 0) is 18.9 Å². The largest absolute Gasteiger partial charge is 0.491 e. The average Bonchev–Trinajstić information content (AvgIpc) is 3.26. The molecule has 2 atom stereocenters. The van der Waals surface area contributed by atoms with E-state index in [1.54, 1.807) is 60.0 Å². The van der Waals surface area contributed by atoms with E-state index in [2.05, 4.69) is 0 Å². The topological polar surface area (TPSA) is 130 Å². The minimum atomic E-state index is -0.555. The van der Waals surface area contributed by atoms with Crippen molar-refractivity contribution >= 4 is 24.1 Å². The van der Waals surface area contributed by atoms with Gasteiger partial charge in [0.1, 0.15) is 35.9 Å². The van der Waals surface area contributed by atoms with Gasteiger partial charge < -0.3 is 28.4 Å². The van der Waals surface area contributed by atoms with E-state index < -0.39 is 11.2 Å². The Kier molecular flexibility index (Phi) is 12.7. The monoisotopic (exact) mass is 670 g/mol. The van der Waals surface area contributed by atoms with Crippen LogP contribution >= 0.6 is 0 Å². The summed E-state index contributed by atoms with van der Waals surface area (Å²) < 4.78 is 32.4. The van der Waals surface area contributed by atoms with Gasteiger partial charge in [0.15, 0.2) is 0 Å². The van der Waals surface area contributed by atoms with Gasteiger partial charge in [-0.3, -0.25) is 9.80 Å². The third kappa shape index (κ3) is 10.3. The van der Waals surface area contributed by atoms with E-state index in [0.29, 0.717) is 62.1 Å². The number of hydrogen-bond acceptors (Lipinski definition) is 10. The molecule has 0 radical (unpaired) electrons. The number of benzene rings is 2. The van der Waals surface area contributed by atoms with Crippen LogP contribution in [0.25, 0.3) is 0 Å². The fourth-order valence-corrected chi connectivity index (χ4v) is 5.06. The number of hydrogen-bond donors (Lipinski definition) is 0. The molecule has 2 aromatic carbocycles. The Morgan fingerprint density at radius 2 is 1.02 bits per heavy atom. The lowest BCUT2D eigenvalue weighted by atomic mass is 10.0. The van der Waals surface area contributed by atoms with Gasteiger partial charge in [-0.2, -0.15) is 0 Å². The third-order valence-electron chi connectivity index (χ3n) is 7.32. The molecular weight excluding hydrogens is 620 g/mol. The summed E-state index contributed by atoms with van der Waals surface area (Å²) in [7, 11) is 0. The van der Waals surface area contributed by atoms with E-state index in [1.807, 2.05) is 55.4 Å². The lowest BCUT2D eigenvalue weighted by molar-refractivity contribution is 0.0157. The molecule has 0 bridgehead atoms. The molecule has 4 rings (SSSR count). The van der Waals surface area contributed by atoms with Gasteiger partial charge in [-0.1, -0.05) is 12.1 Å². The number of esters is 2. The second-order valence-electron chi connectivity index (χ2n) is 13.3. The molecule has 2 heterocycles. The fraction of sp³-hybridized carbons (Fsp3) is 0.556. The van der Waals surface area contributed by atoms with Gasteiger partial charge in [0.05, 0.1) is 49.5 Å². The summed E-state index contributed by atoms with van der Waals surface area (Å²) in [4.78, 5) is 51.9. The number of fused-ring (bicyclic) bond motifs is 2. The normalized spacial score (nSPS) is 17.4. The van der Waals surface area contributed by atoms with Crippen LogP contribution in [0, 0.1) is 0 Å². The second kappa shape index (κ2) is 16.1. The molecule has 2 aliphatic rings. The lowest BCUT2D eigenvalue weighted by Crippen LogP contribution is -2.39. The number of rotatable bonds is 4. The quantitative estimate of drug-likeness (QED) is 0.245. The average molecular weight is 671 g/mol. The number of ether oxygens (including phenoxy) is 6. The minimum Gasteiger partial charge on any atom is -0.491 e. The predicted octanol–water partition coefficient (Wildman–Crippen LogP) is 7.11. The van der Waals surface area contributed by atoms with Crippen LogP contribution in [-0.4, -0.2) is 84.6 Å². The van der Waals surface area contributed by atoms with Crippen LogP contribution in [0.15, 0.2) is 36.4 Å².